The first-order valence-corrected chi connectivity index (χ1v) is 18.5. The Bertz CT molecular complexity index is 1220. The van der Waals surface area contributed by atoms with Crippen LogP contribution in [-0.2, 0) is 28.5 Å². The van der Waals surface area contributed by atoms with Crippen molar-refractivity contribution in [2.45, 2.75) is 113 Å². The number of esters is 1. The third-order valence-corrected chi connectivity index (χ3v) is 8.88. The van der Waals surface area contributed by atoms with Crippen LogP contribution < -0.4 is 0 Å². The molecule has 0 spiro atoms. The lowest BCUT2D eigenvalue weighted by Gasteiger charge is -2.27. The van der Waals surface area contributed by atoms with Gasteiger partial charge in [-0.15, -0.1) is 0 Å². The largest absolute Gasteiger partial charge is 0.508 e. The Balaban J connectivity index is 0.000000448. The van der Waals surface area contributed by atoms with Crippen LogP contribution in [0.4, 0.5) is 9.59 Å². The number of aliphatic hydroxyl groups is 1. The summed E-state index contributed by atoms with van der Waals surface area (Å²) in [5.41, 5.74) is 2.19. The SMILES string of the molecule is CC1(C)COC(=O)OC1.CCC(C)CC(CCO)c1ccccc1.CCC(C)CC(CCOC(=O)OCC(C)(C)COC(C)=O)c1ccccc1. The van der Waals surface area contributed by atoms with Crippen molar-refractivity contribution in [3.8, 4) is 0 Å². The molecule has 1 heterocycles. The van der Waals surface area contributed by atoms with Crippen molar-refractivity contribution in [3.05, 3.63) is 71.8 Å². The zero-order chi connectivity index (χ0) is 38.3. The number of cyclic esters (lactones) is 2. The molecule has 1 saturated heterocycles. The molecule has 2 aromatic rings. The summed E-state index contributed by atoms with van der Waals surface area (Å²) in [6.45, 7) is 19.9. The van der Waals surface area contributed by atoms with Gasteiger partial charge in [-0.25, -0.2) is 9.59 Å². The van der Waals surface area contributed by atoms with Crippen molar-refractivity contribution in [2.24, 2.45) is 22.7 Å². The fraction of sp³-hybridized carbons (Fsp3) is 0.643. The summed E-state index contributed by atoms with van der Waals surface area (Å²) in [4.78, 5) is 33.1. The first kappa shape index (κ1) is 45.4. The number of carbonyl (C=O) groups excluding carboxylic acids is 3. The van der Waals surface area contributed by atoms with Gasteiger partial charge in [-0.3, -0.25) is 4.79 Å². The van der Waals surface area contributed by atoms with Crippen LogP contribution in [0.15, 0.2) is 60.7 Å². The third kappa shape index (κ3) is 21.4. The number of carbonyl (C=O) groups is 3. The van der Waals surface area contributed by atoms with Gasteiger partial charge in [-0.2, -0.15) is 0 Å². The van der Waals surface area contributed by atoms with Crippen molar-refractivity contribution in [2.75, 3.05) is 39.6 Å². The van der Waals surface area contributed by atoms with Gasteiger partial charge in [0, 0.05) is 24.4 Å². The van der Waals surface area contributed by atoms with Crippen LogP contribution in [0.25, 0.3) is 0 Å². The van der Waals surface area contributed by atoms with Gasteiger partial charge < -0.3 is 28.8 Å². The van der Waals surface area contributed by atoms with Crippen molar-refractivity contribution in [1.82, 2.24) is 0 Å². The normalized spacial score (nSPS) is 15.8. The maximum atomic E-state index is 11.9. The van der Waals surface area contributed by atoms with Gasteiger partial charge >= 0.3 is 18.3 Å². The van der Waals surface area contributed by atoms with E-state index < -0.39 is 17.7 Å². The van der Waals surface area contributed by atoms with E-state index in [0.29, 0.717) is 37.6 Å². The molecule has 0 aromatic heterocycles. The number of aliphatic hydroxyl groups excluding tert-OH is 1. The molecular formula is C42H66O9. The molecule has 288 valence electrons. The number of hydrogen-bond donors (Lipinski definition) is 1. The highest BCUT2D eigenvalue weighted by Gasteiger charge is 2.28. The molecule has 51 heavy (non-hydrogen) atoms. The van der Waals surface area contributed by atoms with E-state index in [2.05, 4.69) is 73.6 Å². The second-order valence-corrected chi connectivity index (χ2v) is 15.3. The minimum Gasteiger partial charge on any atom is -0.465 e. The van der Waals surface area contributed by atoms with Crippen molar-refractivity contribution in [3.63, 3.8) is 0 Å². The molecule has 1 aliphatic heterocycles. The zero-order valence-electron chi connectivity index (χ0n) is 32.8. The second kappa shape index (κ2) is 24.6. The number of rotatable bonds is 17. The van der Waals surface area contributed by atoms with Gasteiger partial charge in [0.25, 0.3) is 0 Å². The smallest absolute Gasteiger partial charge is 0.465 e. The zero-order valence-corrected chi connectivity index (χ0v) is 32.8. The van der Waals surface area contributed by atoms with Gasteiger partial charge in [0.2, 0.25) is 0 Å². The lowest BCUT2D eigenvalue weighted by molar-refractivity contribution is -0.144. The molecule has 2 aromatic carbocycles. The lowest BCUT2D eigenvalue weighted by Crippen LogP contribution is -2.34. The van der Waals surface area contributed by atoms with Crippen LogP contribution in [0.1, 0.15) is 124 Å². The summed E-state index contributed by atoms with van der Waals surface area (Å²) in [6, 6.07) is 20.9. The highest BCUT2D eigenvalue weighted by molar-refractivity contribution is 5.66. The summed E-state index contributed by atoms with van der Waals surface area (Å²) in [5.74, 6) is 1.88. The summed E-state index contributed by atoms with van der Waals surface area (Å²) >= 11 is 0. The minimum atomic E-state index is -0.679. The molecule has 1 N–H and O–H groups in total. The average molecular weight is 715 g/mol. The summed E-state index contributed by atoms with van der Waals surface area (Å²) < 4.78 is 24.7. The molecule has 0 bridgehead atoms. The molecule has 4 unspecified atom stereocenters. The fourth-order valence-corrected chi connectivity index (χ4v) is 5.26. The summed E-state index contributed by atoms with van der Waals surface area (Å²) in [6.07, 6.45) is 5.01. The van der Waals surface area contributed by atoms with E-state index in [1.165, 1.54) is 30.9 Å². The lowest BCUT2D eigenvalue weighted by atomic mass is 9.86. The van der Waals surface area contributed by atoms with Gasteiger partial charge in [0.1, 0.15) is 19.8 Å². The summed E-state index contributed by atoms with van der Waals surface area (Å²) in [7, 11) is 0. The molecule has 9 heteroatoms. The van der Waals surface area contributed by atoms with Crippen LogP contribution in [0, 0.1) is 22.7 Å². The Hall–Kier alpha value is -3.59. The Morgan fingerprint density at radius 1 is 0.784 bits per heavy atom. The Morgan fingerprint density at radius 2 is 1.24 bits per heavy atom. The monoisotopic (exact) mass is 714 g/mol. The molecule has 0 saturated carbocycles. The van der Waals surface area contributed by atoms with E-state index in [1.54, 1.807) is 0 Å². The van der Waals surface area contributed by atoms with E-state index in [-0.39, 0.29) is 31.2 Å². The molecule has 4 atom stereocenters. The number of benzene rings is 2. The molecular weight excluding hydrogens is 648 g/mol. The first-order chi connectivity index (χ1) is 24.1. The van der Waals surface area contributed by atoms with Gasteiger partial charge in [0.05, 0.1) is 13.2 Å². The van der Waals surface area contributed by atoms with Crippen molar-refractivity contribution < 1.29 is 43.2 Å². The molecule has 0 amide bonds. The van der Waals surface area contributed by atoms with E-state index >= 15 is 0 Å². The highest BCUT2D eigenvalue weighted by Crippen LogP contribution is 2.29. The highest BCUT2D eigenvalue weighted by atomic mass is 16.7. The second-order valence-electron chi connectivity index (χ2n) is 15.3. The van der Waals surface area contributed by atoms with Crippen LogP contribution in [0.3, 0.4) is 0 Å². The standard InChI is InChI=1S/C22H34O5.C14H22O.C6H10O3/c1-6-17(2)14-20(19-10-8-7-9-11-19)12-13-25-21(24)27-16-22(4,5)15-26-18(3)23;1-3-12(2)11-14(9-10-15)13-7-5-4-6-8-13;1-6(2)3-8-5(7)9-4-6/h7-11,17,20H,6,12-16H2,1-5H3;4-8,12,14-15H,3,9-11H2,1-2H3;3-4H2,1-2H3. The average Bonchev–Trinajstić information content (AvgIpc) is 3.12. The minimum absolute atomic E-state index is 0.00604. The van der Waals surface area contributed by atoms with Crippen molar-refractivity contribution >= 4 is 18.3 Å². The van der Waals surface area contributed by atoms with Crippen LogP contribution in [-0.4, -0.2) is 63.0 Å². The Morgan fingerprint density at radius 3 is 1.65 bits per heavy atom. The predicted octanol–water partition coefficient (Wildman–Crippen LogP) is 10.1. The molecule has 0 aliphatic carbocycles. The number of ether oxygens (including phenoxy) is 5. The van der Waals surface area contributed by atoms with E-state index in [1.807, 2.05) is 52.0 Å². The number of hydrogen-bond acceptors (Lipinski definition) is 9. The summed E-state index contributed by atoms with van der Waals surface area (Å²) in [5, 5.41) is 9.08. The van der Waals surface area contributed by atoms with Gasteiger partial charge in [-0.1, -0.05) is 129 Å². The molecule has 9 nitrogen and oxygen atoms in total. The van der Waals surface area contributed by atoms with Crippen LogP contribution in [0.5, 0.6) is 0 Å². The Kier molecular flexibility index (Phi) is 21.9. The van der Waals surface area contributed by atoms with Gasteiger partial charge in [0.15, 0.2) is 0 Å². The molecule has 1 fully saturated rings. The van der Waals surface area contributed by atoms with E-state index in [0.717, 1.165) is 31.6 Å². The molecule has 1 aliphatic rings. The van der Waals surface area contributed by atoms with E-state index in [4.69, 9.17) is 19.3 Å². The fourth-order valence-electron chi connectivity index (χ4n) is 5.26. The van der Waals surface area contributed by atoms with Gasteiger partial charge in [-0.05, 0) is 60.5 Å². The van der Waals surface area contributed by atoms with Crippen LogP contribution in [0.2, 0.25) is 0 Å². The predicted molar refractivity (Wildman–Crippen MR) is 202 cm³/mol. The van der Waals surface area contributed by atoms with Crippen LogP contribution >= 0.6 is 0 Å². The third-order valence-electron chi connectivity index (χ3n) is 8.88. The van der Waals surface area contributed by atoms with Crippen molar-refractivity contribution in [1.29, 1.82) is 0 Å². The van der Waals surface area contributed by atoms with E-state index in [9.17, 15) is 14.4 Å². The maximum absolute atomic E-state index is 11.9. The first-order valence-electron chi connectivity index (χ1n) is 18.5. The Labute approximate surface area is 307 Å². The maximum Gasteiger partial charge on any atom is 0.508 e. The molecule has 0 radical (unpaired) electrons. The quantitative estimate of drug-likeness (QED) is 0.126. The topological polar surface area (TPSA) is 118 Å². The molecule has 3 rings (SSSR count).